The van der Waals surface area contributed by atoms with Crippen molar-refractivity contribution < 1.29 is 18.0 Å². The van der Waals surface area contributed by atoms with E-state index in [4.69, 9.17) is 11.6 Å². The minimum absolute atomic E-state index is 0.0130. The van der Waals surface area contributed by atoms with Crippen molar-refractivity contribution in [1.29, 1.82) is 0 Å². The Morgan fingerprint density at radius 1 is 1.36 bits per heavy atom. The molecule has 0 aliphatic rings. The number of thiazole rings is 1. The second kappa shape index (κ2) is 6.26. The average molecular weight is 349 g/mol. The average Bonchev–Trinajstić information content (AvgIpc) is 2.79. The fraction of sp³-hybridized carbons (Fsp3) is 0.286. The number of hydrogen-bond donors (Lipinski definition) is 1. The van der Waals surface area contributed by atoms with Gasteiger partial charge in [0, 0.05) is 22.4 Å². The molecule has 2 aromatic rings. The molecule has 1 aromatic heterocycles. The van der Waals surface area contributed by atoms with Gasteiger partial charge in [-0.1, -0.05) is 18.5 Å². The monoisotopic (exact) mass is 348 g/mol. The summed E-state index contributed by atoms with van der Waals surface area (Å²) in [5, 5.41) is 2.88. The summed E-state index contributed by atoms with van der Waals surface area (Å²) in [6.45, 7) is 3.21. The molecule has 0 atom stereocenters. The molecule has 0 spiro atoms. The highest BCUT2D eigenvalue weighted by Crippen LogP contribution is 2.37. The molecule has 0 aliphatic carbocycles. The quantitative estimate of drug-likeness (QED) is 0.847. The Balaban J connectivity index is 2.53. The van der Waals surface area contributed by atoms with Crippen LogP contribution in [0.4, 0.5) is 18.3 Å². The fourth-order valence-corrected chi connectivity index (χ4v) is 3.12. The van der Waals surface area contributed by atoms with Gasteiger partial charge in [0.05, 0.1) is 11.3 Å². The number of aromatic nitrogens is 1. The predicted octanol–water partition coefficient (Wildman–Crippen LogP) is 5.00. The Labute approximate surface area is 134 Å². The smallest absolute Gasteiger partial charge is 0.302 e. The first kappa shape index (κ1) is 16.8. The number of halogens is 4. The number of alkyl halides is 3. The zero-order valence-corrected chi connectivity index (χ0v) is 13.3. The third-order valence-corrected chi connectivity index (χ3v) is 4.13. The van der Waals surface area contributed by atoms with Crippen LogP contribution in [-0.4, -0.2) is 10.9 Å². The van der Waals surface area contributed by atoms with Crippen LogP contribution >= 0.6 is 22.9 Å². The molecule has 0 saturated carbocycles. The topological polar surface area (TPSA) is 42.0 Å². The van der Waals surface area contributed by atoms with E-state index in [-0.39, 0.29) is 16.5 Å². The second-order valence-corrected chi connectivity index (χ2v) is 6.07. The Hall–Kier alpha value is -1.60. The van der Waals surface area contributed by atoms with Gasteiger partial charge in [0.2, 0.25) is 5.91 Å². The molecular formula is C14H12ClF3N2OS. The molecule has 1 amide bonds. The maximum Gasteiger partial charge on any atom is 0.416 e. The van der Waals surface area contributed by atoms with E-state index in [1.54, 1.807) is 0 Å². The lowest BCUT2D eigenvalue weighted by atomic mass is 10.1. The molecule has 0 aliphatic heterocycles. The van der Waals surface area contributed by atoms with Crippen LogP contribution in [0, 0.1) is 0 Å². The summed E-state index contributed by atoms with van der Waals surface area (Å²) in [6.07, 6.45) is -3.90. The number of amides is 1. The molecule has 0 unspecified atom stereocenters. The van der Waals surface area contributed by atoms with Crippen molar-refractivity contribution in [1.82, 2.24) is 4.98 Å². The molecule has 0 radical (unpaired) electrons. The number of rotatable bonds is 3. The van der Waals surface area contributed by atoms with Gasteiger partial charge in [0.15, 0.2) is 5.13 Å². The number of nitrogens with one attached hydrogen (secondary N) is 1. The van der Waals surface area contributed by atoms with Crippen LogP contribution in [0.25, 0.3) is 11.3 Å². The summed E-state index contributed by atoms with van der Waals surface area (Å²) in [4.78, 5) is 16.1. The maximum atomic E-state index is 12.9. The van der Waals surface area contributed by atoms with Gasteiger partial charge < -0.3 is 5.32 Å². The molecule has 2 rings (SSSR count). The standard InChI is InChI=1S/C14H12ClF3N2OS/c1-3-11-12(20-13(22-11)19-7(2)21)8-4-9(14(16,17)18)6-10(15)5-8/h4-6H,3H2,1-2H3,(H,19,20,21). The van der Waals surface area contributed by atoms with E-state index in [2.05, 4.69) is 10.3 Å². The fourth-order valence-electron chi connectivity index (χ4n) is 1.91. The number of carbonyl (C=O) groups is 1. The second-order valence-electron chi connectivity index (χ2n) is 4.55. The zero-order chi connectivity index (χ0) is 16.5. The number of carbonyl (C=O) groups excluding carboxylic acids is 1. The van der Waals surface area contributed by atoms with Gasteiger partial charge in [-0.15, -0.1) is 11.3 Å². The van der Waals surface area contributed by atoms with Gasteiger partial charge in [-0.3, -0.25) is 4.79 Å². The Morgan fingerprint density at radius 2 is 2.05 bits per heavy atom. The third-order valence-electron chi connectivity index (χ3n) is 2.80. The normalized spacial score (nSPS) is 11.5. The van der Waals surface area contributed by atoms with Crippen LogP contribution < -0.4 is 5.32 Å². The maximum absolute atomic E-state index is 12.9. The van der Waals surface area contributed by atoms with Gasteiger partial charge in [-0.2, -0.15) is 13.2 Å². The lowest BCUT2D eigenvalue weighted by Gasteiger charge is -2.09. The van der Waals surface area contributed by atoms with Gasteiger partial charge >= 0.3 is 6.18 Å². The lowest BCUT2D eigenvalue weighted by Crippen LogP contribution is -2.05. The van der Waals surface area contributed by atoms with E-state index in [0.29, 0.717) is 17.2 Å². The number of anilines is 1. The van der Waals surface area contributed by atoms with Crippen molar-refractivity contribution in [2.75, 3.05) is 5.32 Å². The number of hydrogen-bond acceptors (Lipinski definition) is 3. The molecule has 1 aromatic carbocycles. The van der Waals surface area contributed by atoms with E-state index in [1.165, 1.54) is 24.3 Å². The lowest BCUT2D eigenvalue weighted by molar-refractivity contribution is -0.137. The van der Waals surface area contributed by atoms with Crippen molar-refractivity contribution in [3.05, 3.63) is 33.7 Å². The summed E-state index contributed by atoms with van der Waals surface area (Å²) < 4.78 is 38.7. The molecule has 0 bridgehead atoms. The van der Waals surface area contributed by atoms with Crippen molar-refractivity contribution in [3.8, 4) is 11.3 Å². The predicted molar refractivity (Wildman–Crippen MR) is 81.2 cm³/mol. The van der Waals surface area contributed by atoms with E-state index in [0.717, 1.165) is 17.0 Å². The van der Waals surface area contributed by atoms with Gasteiger partial charge in [-0.25, -0.2) is 4.98 Å². The molecule has 8 heteroatoms. The minimum atomic E-state index is -4.48. The van der Waals surface area contributed by atoms with Gasteiger partial charge in [0.1, 0.15) is 0 Å². The van der Waals surface area contributed by atoms with E-state index in [1.807, 2.05) is 6.92 Å². The Kier molecular flexibility index (Phi) is 4.77. The number of aryl methyl sites for hydroxylation is 1. The first-order valence-corrected chi connectivity index (χ1v) is 7.55. The first-order chi connectivity index (χ1) is 10.2. The molecule has 1 heterocycles. The van der Waals surface area contributed by atoms with Crippen LogP contribution in [0.5, 0.6) is 0 Å². The molecule has 1 N–H and O–H groups in total. The molecular weight excluding hydrogens is 337 g/mol. The summed E-state index contributed by atoms with van der Waals surface area (Å²) >= 11 is 7.03. The summed E-state index contributed by atoms with van der Waals surface area (Å²) in [5.74, 6) is -0.287. The Bertz CT molecular complexity index is 713. The van der Waals surface area contributed by atoms with Crippen molar-refractivity contribution in [3.63, 3.8) is 0 Å². The summed E-state index contributed by atoms with van der Waals surface area (Å²) in [5.41, 5.74) is -0.139. The molecule has 0 fully saturated rings. The van der Waals surface area contributed by atoms with Crippen LogP contribution in [0.2, 0.25) is 5.02 Å². The van der Waals surface area contributed by atoms with Gasteiger partial charge in [-0.05, 0) is 24.6 Å². The Morgan fingerprint density at radius 3 is 2.59 bits per heavy atom. The summed E-state index contributed by atoms with van der Waals surface area (Å²) in [7, 11) is 0. The summed E-state index contributed by atoms with van der Waals surface area (Å²) in [6, 6.07) is 3.32. The van der Waals surface area contributed by atoms with Gasteiger partial charge in [0.25, 0.3) is 0 Å². The van der Waals surface area contributed by atoms with Crippen molar-refractivity contribution in [2.45, 2.75) is 26.4 Å². The van der Waals surface area contributed by atoms with Crippen molar-refractivity contribution >= 4 is 34.0 Å². The minimum Gasteiger partial charge on any atom is -0.302 e. The molecule has 22 heavy (non-hydrogen) atoms. The largest absolute Gasteiger partial charge is 0.416 e. The van der Waals surface area contributed by atoms with Crippen LogP contribution in [0.3, 0.4) is 0 Å². The number of benzene rings is 1. The van der Waals surface area contributed by atoms with Crippen LogP contribution in [0.15, 0.2) is 18.2 Å². The third kappa shape index (κ3) is 3.78. The first-order valence-electron chi connectivity index (χ1n) is 6.36. The van der Waals surface area contributed by atoms with E-state index >= 15 is 0 Å². The zero-order valence-electron chi connectivity index (χ0n) is 11.7. The van der Waals surface area contributed by atoms with E-state index in [9.17, 15) is 18.0 Å². The highest BCUT2D eigenvalue weighted by atomic mass is 35.5. The molecule has 118 valence electrons. The SMILES string of the molecule is CCc1sc(NC(C)=O)nc1-c1cc(Cl)cc(C(F)(F)F)c1. The highest BCUT2D eigenvalue weighted by molar-refractivity contribution is 7.16. The molecule has 3 nitrogen and oxygen atoms in total. The van der Waals surface area contributed by atoms with E-state index < -0.39 is 11.7 Å². The molecule has 0 saturated heterocycles. The highest BCUT2D eigenvalue weighted by Gasteiger charge is 2.31. The number of nitrogens with zero attached hydrogens (tertiary/aromatic N) is 1. The van der Waals surface area contributed by atoms with Crippen molar-refractivity contribution in [2.24, 2.45) is 0 Å². The van der Waals surface area contributed by atoms with Crippen LogP contribution in [-0.2, 0) is 17.4 Å². The van der Waals surface area contributed by atoms with Crippen LogP contribution in [0.1, 0.15) is 24.3 Å².